The quantitative estimate of drug-likeness (QED) is 0.903. The number of alkyl halides is 2. The molecule has 0 unspecified atom stereocenters. The summed E-state index contributed by atoms with van der Waals surface area (Å²) >= 11 is 0. The first kappa shape index (κ1) is 14.8. The van der Waals surface area contributed by atoms with E-state index < -0.39 is 17.3 Å². The van der Waals surface area contributed by atoms with Crippen molar-refractivity contribution in [3.8, 4) is 5.75 Å². The molecule has 0 aromatic heterocycles. The van der Waals surface area contributed by atoms with Crippen molar-refractivity contribution in [1.82, 2.24) is 0 Å². The third-order valence-corrected chi connectivity index (χ3v) is 2.48. The lowest BCUT2D eigenvalue weighted by molar-refractivity contribution is 0.0169. The van der Waals surface area contributed by atoms with E-state index in [9.17, 15) is 13.2 Å². The van der Waals surface area contributed by atoms with Gasteiger partial charge in [-0.2, -0.15) is 0 Å². The molecular weight excluding hydrogens is 243 g/mol. The summed E-state index contributed by atoms with van der Waals surface area (Å²) in [5.41, 5.74) is 5.17. The van der Waals surface area contributed by atoms with Crippen molar-refractivity contribution in [3.63, 3.8) is 0 Å². The number of hydrogen-bond acceptors (Lipinski definition) is 2. The molecule has 0 amide bonds. The molecule has 2 nitrogen and oxygen atoms in total. The van der Waals surface area contributed by atoms with Gasteiger partial charge in [0.2, 0.25) is 0 Å². The van der Waals surface area contributed by atoms with Gasteiger partial charge in [0.15, 0.2) is 11.6 Å². The van der Waals surface area contributed by atoms with Crippen LogP contribution in [0.15, 0.2) is 12.1 Å². The van der Waals surface area contributed by atoms with Crippen LogP contribution in [0.2, 0.25) is 0 Å². The average Bonchev–Trinajstić information content (AvgIpc) is 2.13. The van der Waals surface area contributed by atoms with Crippen molar-refractivity contribution in [2.45, 2.75) is 38.7 Å². The van der Waals surface area contributed by atoms with Gasteiger partial charge < -0.3 is 10.5 Å². The maximum Gasteiger partial charge on any atom is 0.270 e. The molecule has 1 aromatic rings. The van der Waals surface area contributed by atoms with Gasteiger partial charge in [-0.05, 0) is 38.0 Å². The Morgan fingerprint density at radius 3 is 2.17 bits per heavy atom. The third-order valence-electron chi connectivity index (χ3n) is 2.48. The molecule has 5 heteroatoms. The molecule has 0 fully saturated rings. The molecular formula is C13H18F3NO. The molecule has 0 heterocycles. The molecule has 0 bridgehead atoms. The van der Waals surface area contributed by atoms with Crippen LogP contribution in [0, 0.1) is 5.82 Å². The third kappa shape index (κ3) is 3.63. The zero-order valence-corrected chi connectivity index (χ0v) is 11.0. The fourth-order valence-electron chi connectivity index (χ4n) is 1.75. The molecule has 1 rings (SSSR count). The Hall–Kier alpha value is -1.23. The summed E-state index contributed by atoms with van der Waals surface area (Å²) in [6, 6.07) is 2.04. The Bertz CT molecular complexity index is 433. The fraction of sp³-hybridized carbons (Fsp3) is 0.538. The van der Waals surface area contributed by atoms with Crippen LogP contribution in [0.4, 0.5) is 13.2 Å². The molecule has 0 aliphatic carbocycles. The standard InChI is InChI=1S/C13H18F3NO/c1-12(2,17)7-8-5-9(13(3,15)16)6-10(14)11(8)18-4/h5-6H,7,17H2,1-4H3. The summed E-state index contributed by atoms with van der Waals surface area (Å²) in [7, 11) is 1.30. The van der Waals surface area contributed by atoms with Crippen molar-refractivity contribution in [3.05, 3.63) is 29.1 Å². The van der Waals surface area contributed by atoms with Crippen LogP contribution in [0.25, 0.3) is 0 Å². The van der Waals surface area contributed by atoms with Crippen LogP contribution >= 0.6 is 0 Å². The SMILES string of the molecule is COc1c(F)cc(C(C)(F)F)cc1CC(C)(C)N. The Balaban J connectivity index is 3.33. The number of hydrogen-bond donors (Lipinski definition) is 1. The maximum absolute atomic E-state index is 13.7. The topological polar surface area (TPSA) is 35.2 Å². The fourth-order valence-corrected chi connectivity index (χ4v) is 1.75. The van der Waals surface area contributed by atoms with Crippen molar-refractivity contribution in [2.24, 2.45) is 5.73 Å². The summed E-state index contributed by atoms with van der Waals surface area (Å²) < 4.78 is 45.1. The van der Waals surface area contributed by atoms with Gasteiger partial charge in [-0.15, -0.1) is 0 Å². The lowest BCUT2D eigenvalue weighted by atomic mass is 9.93. The maximum atomic E-state index is 13.7. The van der Waals surface area contributed by atoms with Crippen LogP contribution in [-0.2, 0) is 12.3 Å². The van der Waals surface area contributed by atoms with E-state index in [1.807, 2.05) is 0 Å². The first-order valence-corrected chi connectivity index (χ1v) is 5.58. The molecule has 0 aliphatic heterocycles. The van der Waals surface area contributed by atoms with Crippen molar-refractivity contribution in [1.29, 1.82) is 0 Å². The second-order valence-corrected chi connectivity index (χ2v) is 5.20. The summed E-state index contributed by atoms with van der Waals surface area (Å²) in [5, 5.41) is 0. The first-order valence-electron chi connectivity index (χ1n) is 5.58. The van der Waals surface area contributed by atoms with Crippen LogP contribution < -0.4 is 10.5 Å². The molecule has 1 aromatic carbocycles. The molecule has 0 saturated carbocycles. The van der Waals surface area contributed by atoms with Gasteiger partial charge in [0.25, 0.3) is 5.92 Å². The highest BCUT2D eigenvalue weighted by molar-refractivity contribution is 5.41. The molecule has 0 spiro atoms. The number of methoxy groups -OCH3 is 1. The first-order chi connectivity index (χ1) is 8.04. The number of nitrogens with two attached hydrogens (primary N) is 1. The average molecular weight is 261 g/mol. The lowest BCUT2D eigenvalue weighted by Gasteiger charge is -2.22. The Morgan fingerprint density at radius 2 is 1.78 bits per heavy atom. The Kier molecular flexibility index (Phi) is 3.96. The van der Waals surface area contributed by atoms with Crippen molar-refractivity contribution >= 4 is 0 Å². The summed E-state index contributed by atoms with van der Waals surface area (Å²) in [5.74, 6) is -3.92. The Labute approximate surface area is 105 Å². The van der Waals surface area contributed by atoms with Crippen LogP contribution in [-0.4, -0.2) is 12.6 Å². The summed E-state index contributed by atoms with van der Waals surface area (Å²) in [4.78, 5) is 0. The van der Waals surface area contributed by atoms with E-state index in [0.717, 1.165) is 13.0 Å². The molecule has 0 atom stereocenters. The van der Waals surface area contributed by atoms with Gasteiger partial charge in [0, 0.05) is 18.0 Å². The highest BCUT2D eigenvalue weighted by Gasteiger charge is 2.28. The summed E-state index contributed by atoms with van der Waals surface area (Å²) in [6.07, 6.45) is 0.247. The van der Waals surface area contributed by atoms with Gasteiger partial charge in [-0.25, -0.2) is 13.2 Å². The number of rotatable bonds is 4. The van der Waals surface area contributed by atoms with E-state index in [1.54, 1.807) is 13.8 Å². The van der Waals surface area contributed by atoms with E-state index >= 15 is 0 Å². The zero-order valence-electron chi connectivity index (χ0n) is 11.0. The normalized spacial score (nSPS) is 12.7. The van der Waals surface area contributed by atoms with Crippen molar-refractivity contribution in [2.75, 3.05) is 7.11 Å². The van der Waals surface area contributed by atoms with E-state index in [4.69, 9.17) is 10.5 Å². The molecule has 18 heavy (non-hydrogen) atoms. The van der Waals surface area contributed by atoms with Gasteiger partial charge in [0.1, 0.15) is 0 Å². The number of benzene rings is 1. The molecule has 0 radical (unpaired) electrons. The zero-order chi connectivity index (χ0) is 14.1. The molecule has 102 valence electrons. The monoisotopic (exact) mass is 261 g/mol. The number of halogens is 3. The van der Waals surface area contributed by atoms with E-state index in [2.05, 4.69) is 0 Å². The molecule has 0 aliphatic rings. The largest absolute Gasteiger partial charge is 0.493 e. The lowest BCUT2D eigenvalue weighted by Crippen LogP contribution is -2.34. The predicted octanol–water partition coefficient (Wildman–Crippen LogP) is 3.23. The highest BCUT2D eigenvalue weighted by Crippen LogP contribution is 2.34. The van der Waals surface area contributed by atoms with Crippen LogP contribution in [0.3, 0.4) is 0 Å². The second-order valence-electron chi connectivity index (χ2n) is 5.20. The minimum absolute atomic E-state index is 0.0264. The van der Waals surface area contributed by atoms with E-state index in [-0.39, 0.29) is 17.7 Å². The predicted molar refractivity (Wildman–Crippen MR) is 64.5 cm³/mol. The minimum atomic E-state index is -3.10. The van der Waals surface area contributed by atoms with Crippen LogP contribution in [0.5, 0.6) is 5.75 Å². The smallest absolute Gasteiger partial charge is 0.270 e. The van der Waals surface area contributed by atoms with Gasteiger partial charge in [-0.1, -0.05) is 0 Å². The van der Waals surface area contributed by atoms with Gasteiger partial charge in [-0.3, -0.25) is 0 Å². The second kappa shape index (κ2) is 4.80. The highest BCUT2D eigenvalue weighted by atomic mass is 19.3. The van der Waals surface area contributed by atoms with Crippen LogP contribution in [0.1, 0.15) is 31.9 Å². The minimum Gasteiger partial charge on any atom is -0.493 e. The van der Waals surface area contributed by atoms with E-state index in [1.165, 1.54) is 13.2 Å². The number of ether oxygens (including phenoxy) is 1. The van der Waals surface area contributed by atoms with Gasteiger partial charge >= 0.3 is 0 Å². The van der Waals surface area contributed by atoms with Crippen molar-refractivity contribution < 1.29 is 17.9 Å². The molecule has 0 saturated heterocycles. The molecule has 2 N–H and O–H groups in total. The summed E-state index contributed by atoms with van der Waals surface area (Å²) in [6.45, 7) is 4.20. The van der Waals surface area contributed by atoms with Gasteiger partial charge in [0.05, 0.1) is 7.11 Å². The Morgan fingerprint density at radius 1 is 1.22 bits per heavy atom. The van der Waals surface area contributed by atoms with E-state index in [0.29, 0.717) is 5.56 Å².